The van der Waals surface area contributed by atoms with Gasteiger partial charge in [0.2, 0.25) is 11.8 Å². The van der Waals surface area contributed by atoms with E-state index in [0.717, 1.165) is 0 Å². The highest BCUT2D eigenvalue weighted by atomic mass is 16.5. The maximum absolute atomic E-state index is 12.3. The van der Waals surface area contributed by atoms with Crippen LogP contribution in [0.25, 0.3) is 0 Å². The Morgan fingerprint density at radius 1 is 1.24 bits per heavy atom. The van der Waals surface area contributed by atoms with E-state index in [2.05, 4.69) is 15.3 Å². The Bertz CT molecular complexity index is 526. The van der Waals surface area contributed by atoms with Crippen molar-refractivity contribution < 1.29 is 24.2 Å². The van der Waals surface area contributed by atoms with Crippen molar-refractivity contribution in [1.82, 2.24) is 15.3 Å². The van der Waals surface area contributed by atoms with E-state index in [9.17, 15) is 9.59 Å². The number of amides is 1. The maximum atomic E-state index is 12.3. The van der Waals surface area contributed by atoms with Gasteiger partial charge in [-0.15, -0.1) is 0 Å². The predicted molar refractivity (Wildman–Crippen MR) is 71.4 cm³/mol. The second kappa shape index (κ2) is 6.38. The van der Waals surface area contributed by atoms with E-state index in [0.29, 0.717) is 19.3 Å². The van der Waals surface area contributed by atoms with Crippen LogP contribution in [0.5, 0.6) is 11.8 Å². The number of carbonyl (C=O) groups excluding carboxylic acids is 1. The van der Waals surface area contributed by atoms with Crippen molar-refractivity contribution in [2.24, 2.45) is 5.92 Å². The van der Waals surface area contributed by atoms with Gasteiger partial charge in [0.05, 0.1) is 20.1 Å². The molecule has 2 rings (SSSR count). The van der Waals surface area contributed by atoms with Gasteiger partial charge in [-0.3, -0.25) is 9.59 Å². The zero-order valence-electron chi connectivity index (χ0n) is 11.8. The van der Waals surface area contributed by atoms with E-state index in [1.165, 1.54) is 20.5 Å². The molecule has 1 aliphatic carbocycles. The molecule has 1 aromatic rings. The third-order valence-electron chi connectivity index (χ3n) is 3.51. The van der Waals surface area contributed by atoms with E-state index in [1.54, 1.807) is 0 Å². The van der Waals surface area contributed by atoms with Gasteiger partial charge in [0, 0.05) is 6.04 Å². The molecule has 114 valence electrons. The highest BCUT2D eigenvalue weighted by molar-refractivity contribution is 5.98. The Morgan fingerprint density at radius 2 is 1.86 bits per heavy atom. The number of aromatic nitrogens is 2. The molecule has 0 unspecified atom stereocenters. The molecule has 0 saturated heterocycles. The van der Waals surface area contributed by atoms with Crippen LogP contribution in [-0.4, -0.2) is 47.2 Å². The number of carbonyl (C=O) groups is 2. The lowest BCUT2D eigenvalue weighted by atomic mass is 10.1. The van der Waals surface area contributed by atoms with Gasteiger partial charge in [-0.2, -0.15) is 0 Å². The van der Waals surface area contributed by atoms with Gasteiger partial charge in [0.25, 0.3) is 5.91 Å². The number of aliphatic carboxylic acids is 1. The summed E-state index contributed by atoms with van der Waals surface area (Å²) in [5, 5.41) is 11.8. The first-order valence-electron chi connectivity index (χ1n) is 6.53. The van der Waals surface area contributed by atoms with Gasteiger partial charge in [-0.25, -0.2) is 9.97 Å². The van der Waals surface area contributed by atoms with Crippen molar-refractivity contribution in [2.45, 2.75) is 25.3 Å². The molecule has 0 aliphatic heterocycles. The van der Waals surface area contributed by atoms with Gasteiger partial charge in [-0.05, 0) is 19.3 Å². The first kappa shape index (κ1) is 15.0. The highest BCUT2D eigenvalue weighted by Crippen LogP contribution is 2.28. The van der Waals surface area contributed by atoms with Crippen LogP contribution in [0.4, 0.5) is 0 Å². The summed E-state index contributed by atoms with van der Waals surface area (Å²) in [6.07, 6.45) is 2.84. The summed E-state index contributed by atoms with van der Waals surface area (Å²) < 4.78 is 10.1. The number of carboxylic acid groups (broad SMARTS) is 1. The summed E-state index contributed by atoms with van der Waals surface area (Å²) in [5.41, 5.74) is 0.112. The summed E-state index contributed by atoms with van der Waals surface area (Å²) in [6.45, 7) is 0. The zero-order chi connectivity index (χ0) is 15.4. The number of hydrogen-bond donors (Lipinski definition) is 2. The standard InChI is InChI=1S/C13H17N3O5/c1-20-11-9(12(21-2)15-6-14-11)10(17)16-8-4-3-7(5-8)13(18)19/h6-8H,3-5H2,1-2H3,(H,16,17)(H,18,19)/t7-,8+/m1/s1. The third-order valence-corrected chi connectivity index (χ3v) is 3.51. The van der Waals surface area contributed by atoms with Gasteiger partial charge < -0.3 is 19.9 Å². The van der Waals surface area contributed by atoms with E-state index in [-0.39, 0.29) is 23.4 Å². The number of rotatable bonds is 5. The van der Waals surface area contributed by atoms with Gasteiger partial charge in [0.1, 0.15) is 6.33 Å². The number of nitrogens with one attached hydrogen (secondary N) is 1. The summed E-state index contributed by atoms with van der Waals surface area (Å²) >= 11 is 0. The fourth-order valence-electron chi connectivity index (χ4n) is 2.45. The molecular formula is C13H17N3O5. The predicted octanol–water partition coefficient (Wildman–Crippen LogP) is 0.477. The second-order valence-electron chi connectivity index (χ2n) is 4.79. The maximum Gasteiger partial charge on any atom is 0.306 e. The number of nitrogens with zero attached hydrogens (tertiary/aromatic N) is 2. The van der Waals surface area contributed by atoms with Crippen LogP contribution in [0.15, 0.2) is 6.33 Å². The monoisotopic (exact) mass is 295 g/mol. The van der Waals surface area contributed by atoms with Crippen LogP contribution >= 0.6 is 0 Å². The fraction of sp³-hybridized carbons (Fsp3) is 0.538. The number of carboxylic acids is 1. The highest BCUT2D eigenvalue weighted by Gasteiger charge is 2.32. The van der Waals surface area contributed by atoms with Gasteiger partial charge in [0.15, 0.2) is 5.56 Å². The molecular weight excluding hydrogens is 278 g/mol. The molecule has 1 saturated carbocycles. The Balaban J connectivity index is 2.12. The van der Waals surface area contributed by atoms with Gasteiger partial charge >= 0.3 is 5.97 Å². The lowest BCUT2D eigenvalue weighted by molar-refractivity contribution is -0.141. The zero-order valence-corrected chi connectivity index (χ0v) is 11.8. The summed E-state index contributed by atoms with van der Waals surface area (Å²) in [5.74, 6) is -1.43. The molecule has 1 amide bonds. The summed E-state index contributed by atoms with van der Waals surface area (Å²) in [7, 11) is 2.79. The van der Waals surface area contributed by atoms with Crippen LogP contribution in [0.1, 0.15) is 29.6 Å². The average molecular weight is 295 g/mol. The quantitative estimate of drug-likeness (QED) is 0.812. The van der Waals surface area contributed by atoms with Crippen LogP contribution < -0.4 is 14.8 Å². The second-order valence-corrected chi connectivity index (χ2v) is 4.79. The summed E-state index contributed by atoms with van der Waals surface area (Å²) in [6, 6.07) is -0.187. The first-order chi connectivity index (χ1) is 10.1. The number of ether oxygens (including phenoxy) is 2. The average Bonchev–Trinajstić information content (AvgIpc) is 2.94. The molecule has 1 heterocycles. The minimum absolute atomic E-state index is 0.112. The number of methoxy groups -OCH3 is 2. The lowest BCUT2D eigenvalue weighted by Crippen LogP contribution is -2.34. The molecule has 1 fully saturated rings. The van der Waals surface area contributed by atoms with Crippen molar-refractivity contribution in [1.29, 1.82) is 0 Å². The van der Waals surface area contributed by atoms with E-state index < -0.39 is 17.8 Å². The largest absolute Gasteiger partial charge is 0.481 e. The first-order valence-corrected chi connectivity index (χ1v) is 6.53. The van der Waals surface area contributed by atoms with E-state index in [4.69, 9.17) is 14.6 Å². The van der Waals surface area contributed by atoms with E-state index >= 15 is 0 Å². The van der Waals surface area contributed by atoms with Crippen molar-refractivity contribution >= 4 is 11.9 Å². The third kappa shape index (κ3) is 3.21. The molecule has 0 bridgehead atoms. The van der Waals surface area contributed by atoms with Crippen molar-refractivity contribution in [3.8, 4) is 11.8 Å². The minimum atomic E-state index is -0.829. The van der Waals surface area contributed by atoms with Crippen molar-refractivity contribution in [2.75, 3.05) is 14.2 Å². The normalized spacial score (nSPS) is 20.9. The fourth-order valence-corrected chi connectivity index (χ4v) is 2.45. The van der Waals surface area contributed by atoms with Crippen LogP contribution in [-0.2, 0) is 4.79 Å². The molecule has 8 nitrogen and oxygen atoms in total. The Hall–Kier alpha value is -2.38. The van der Waals surface area contributed by atoms with Crippen LogP contribution in [0.2, 0.25) is 0 Å². The molecule has 0 spiro atoms. The van der Waals surface area contributed by atoms with Crippen molar-refractivity contribution in [3.05, 3.63) is 11.9 Å². The molecule has 21 heavy (non-hydrogen) atoms. The van der Waals surface area contributed by atoms with Crippen molar-refractivity contribution in [3.63, 3.8) is 0 Å². The smallest absolute Gasteiger partial charge is 0.306 e. The SMILES string of the molecule is COc1ncnc(OC)c1C(=O)N[C@H]1CC[C@@H](C(=O)O)C1. The molecule has 8 heteroatoms. The van der Waals surface area contributed by atoms with Gasteiger partial charge in [-0.1, -0.05) is 0 Å². The minimum Gasteiger partial charge on any atom is -0.481 e. The topological polar surface area (TPSA) is 111 Å². The van der Waals surface area contributed by atoms with Crippen LogP contribution in [0, 0.1) is 5.92 Å². The van der Waals surface area contributed by atoms with Crippen LogP contribution in [0.3, 0.4) is 0 Å². The molecule has 2 N–H and O–H groups in total. The molecule has 1 aromatic heterocycles. The lowest BCUT2D eigenvalue weighted by Gasteiger charge is -2.15. The van der Waals surface area contributed by atoms with E-state index in [1.807, 2.05) is 0 Å². The summed E-state index contributed by atoms with van der Waals surface area (Å²) in [4.78, 5) is 31.0. The molecule has 0 aromatic carbocycles. The molecule has 1 aliphatic rings. The molecule has 2 atom stereocenters. The molecule has 0 radical (unpaired) electrons. The number of hydrogen-bond acceptors (Lipinski definition) is 6. The Morgan fingerprint density at radius 3 is 2.33 bits per heavy atom. The Kier molecular flexibility index (Phi) is 4.56. The Labute approximate surface area is 121 Å².